The van der Waals surface area contributed by atoms with Gasteiger partial charge in [-0.25, -0.2) is 9.78 Å². The summed E-state index contributed by atoms with van der Waals surface area (Å²) in [4.78, 5) is 46.5. The molecule has 2 aromatic carbocycles. The van der Waals surface area contributed by atoms with Crippen LogP contribution in [0.3, 0.4) is 0 Å². The number of carbonyl (C=O) groups excluding carboxylic acids is 3. The molecule has 0 bridgehead atoms. The third kappa shape index (κ3) is 3.19. The van der Waals surface area contributed by atoms with Gasteiger partial charge >= 0.3 is 5.97 Å². The lowest BCUT2D eigenvalue weighted by Gasteiger charge is -2.46. The van der Waals surface area contributed by atoms with E-state index in [2.05, 4.69) is 4.98 Å². The van der Waals surface area contributed by atoms with Gasteiger partial charge in [-0.2, -0.15) is 0 Å². The molecule has 3 heterocycles. The highest BCUT2D eigenvalue weighted by Crippen LogP contribution is 2.44. The van der Waals surface area contributed by atoms with Crippen LogP contribution in [0.15, 0.2) is 53.9 Å². The highest BCUT2D eigenvalue weighted by atomic mass is 32.1. The third-order valence-electron chi connectivity index (χ3n) is 6.11. The van der Waals surface area contributed by atoms with E-state index in [4.69, 9.17) is 9.47 Å². The molecule has 9 heteroatoms. The van der Waals surface area contributed by atoms with Crippen molar-refractivity contribution in [2.24, 2.45) is 0 Å². The van der Waals surface area contributed by atoms with Crippen LogP contribution in [-0.4, -0.2) is 47.5 Å². The van der Waals surface area contributed by atoms with E-state index in [1.807, 2.05) is 29.6 Å². The number of carbonyl (C=O) groups is 3. The van der Waals surface area contributed by atoms with Crippen LogP contribution < -0.4 is 9.64 Å². The predicted octanol–water partition coefficient (Wildman–Crippen LogP) is 3.47. The Kier molecular flexibility index (Phi) is 5.13. The lowest BCUT2D eigenvalue weighted by atomic mass is 9.97. The normalized spacial score (nSPS) is 19.3. The fourth-order valence-electron chi connectivity index (χ4n) is 4.46. The van der Waals surface area contributed by atoms with E-state index in [-0.39, 0.29) is 31.3 Å². The minimum Gasteiger partial charge on any atom is -0.496 e. The second-order valence-electron chi connectivity index (χ2n) is 7.85. The lowest BCUT2D eigenvalue weighted by molar-refractivity contribution is -0.158. The summed E-state index contributed by atoms with van der Waals surface area (Å²) in [7, 11) is 3.14. The third-order valence-corrected chi connectivity index (χ3v) is 7.03. The Morgan fingerprint density at radius 2 is 1.85 bits per heavy atom. The molecule has 1 fully saturated rings. The van der Waals surface area contributed by atoms with Crippen LogP contribution in [0.25, 0.3) is 10.6 Å². The molecule has 1 saturated heterocycles. The Morgan fingerprint density at radius 1 is 1.12 bits per heavy atom. The Labute approximate surface area is 194 Å². The molecule has 0 radical (unpaired) electrons. The highest BCUT2D eigenvalue weighted by Gasteiger charge is 2.60. The summed E-state index contributed by atoms with van der Waals surface area (Å²) in [5.41, 5.74) is 0.755. The van der Waals surface area contributed by atoms with Crippen molar-refractivity contribution in [2.75, 3.05) is 19.1 Å². The molecule has 3 aromatic rings. The van der Waals surface area contributed by atoms with Gasteiger partial charge < -0.3 is 14.4 Å². The molecular weight excluding hydrogens is 442 g/mol. The van der Waals surface area contributed by atoms with Gasteiger partial charge in [0.1, 0.15) is 17.4 Å². The molecule has 168 valence electrons. The highest BCUT2D eigenvalue weighted by molar-refractivity contribution is 7.13. The van der Waals surface area contributed by atoms with Gasteiger partial charge in [0.25, 0.3) is 5.91 Å². The van der Waals surface area contributed by atoms with E-state index in [0.717, 1.165) is 10.6 Å². The number of hydrogen-bond donors (Lipinski definition) is 0. The first-order valence-electron chi connectivity index (χ1n) is 10.4. The minimum absolute atomic E-state index is 0.0715. The van der Waals surface area contributed by atoms with Crippen molar-refractivity contribution in [1.82, 2.24) is 9.88 Å². The molecule has 1 unspecified atom stereocenters. The van der Waals surface area contributed by atoms with Crippen molar-refractivity contribution >= 4 is 34.8 Å². The van der Waals surface area contributed by atoms with Crippen molar-refractivity contribution in [3.63, 3.8) is 0 Å². The number of anilines is 1. The maximum Gasteiger partial charge on any atom is 0.354 e. The summed E-state index contributed by atoms with van der Waals surface area (Å²) in [6.07, 6.45) is 0.320. The first kappa shape index (κ1) is 21.1. The van der Waals surface area contributed by atoms with Gasteiger partial charge in [0.15, 0.2) is 0 Å². The van der Waals surface area contributed by atoms with Gasteiger partial charge in [0, 0.05) is 25.3 Å². The van der Waals surface area contributed by atoms with Gasteiger partial charge in [-0.15, -0.1) is 11.3 Å². The average molecular weight is 464 g/mol. The Hall–Kier alpha value is -3.72. The molecule has 0 spiro atoms. The van der Waals surface area contributed by atoms with E-state index >= 15 is 0 Å². The zero-order valence-electron chi connectivity index (χ0n) is 18.1. The van der Waals surface area contributed by atoms with E-state index in [0.29, 0.717) is 22.7 Å². The summed E-state index contributed by atoms with van der Waals surface area (Å²) >= 11 is 1.42. The van der Waals surface area contributed by atoms with Gasteiger partial charge in [-0.1, -0.05) is 24.3 Å². The van der Waals surface area contributed by atoms with Crippen LogP contribution in [0.1, 0.15) is 28.9 Å². The minimum atomic E-state index is -1.50. The fraction of sp³-hybridized carbons (Fsp3) is 0.250. The van der Waals surface area contributed by atoms with Crippen LogP contribution in [0.5, 0.6) is 5.75 Å². The summed E-state index contributed by atoms with van der Waals surface area (Å²) in [6, 6.07) is 14.4. The van der Waals surface area contributed by atoms with Gasteiger partial charge in [0.2, 0.25) is 11.6 Å². The number of ether oxygens (including phenoxy) is 2. The second-order valence-corrected chi connectivity index (χ2v) is 8.71. The number of fused-ring (bicyclic) bond motifs is 3. The number of thiazole rings is 1. The number of para-hydroxylation sites is 2. The quantitative estimate of drug-likeness (QED) is 0.539. The Balaban J connectivity index is 1.41. The smallest absolute Gasteiger partial charge is 0.354 e. The van der Waals surface area contributed by atoms with Crippen LogP contribution in [-0.2, 0) is 20.9 Å². The number of likely N-dealkylation sites (N-methyl/N-ethyl adjacent to an activating group) is 1. The van der Waals surface area contributed by atoms with Crippen LogP contribution >= 0.6 is 11.3 Å². The molecule has 2 aliphatic heterocycles. The molecule has 0 aliphatic carbocycles. The topological polar surface area (TPSA) is 89.0 Å². The predicted molar refractivity (Wildman–Crippen MR) is 122 cm³/mol. The molecule has 8 nitrogen and oxygen atoms in total. The summed E-state index contributed by atoms with van der Waals surface area (Å²) in [5, 5.41) is 2.56. The molecule has 2 amide bonds. The van der Waals surface area contributed by atoms with Crippen molar-refractivity contribution < 1.29 is 23.9 Å². The largest absolute Gasteiger partial charge is 0.496 e. The Bertz CT molecular complexity index is 1270. The first-order valence-corrected chi connectivity index (χ1v) is 11.3. The van der Waals surface area contributed by atoms with Crippen molar-refractivity contribution in [3.8, 4) is 16.3 Å². The number of amides is 2. The number of rotatable bonds is 5. The van der Waals surface area contributed by atoms with Crippen molar-refractivity contribution in [2.45, 2.75) is 25.1 Å². The number of benzene rings is 2. The van der Waals surface area contributed by atoms with Crippen LogP contribution in [0, 0.1) is 0 Å². The lowest BCUT2D eigenvalue weighted by Crippen LogP contribution is -2.67. The first-order chi connectivity index (χ1) is 16.0. The zero-order chi connectivity index (χ0) is 23.2. The summed E-state index contributed by atoms with van der Waals surface area (Å²) in [6.45, 7) is -0.0715. The van der Waals surface area contributed by atoms with E-state index < -0.39 is 11.6 Å². The van der Waals surface area contributed by atoms with Crippen molar-refractivity contribution in [1.29, 1.82) is 0 Å². The van der Waals surface area contributed by atoms with E-state index in [1.54, 1.807) is 31.4 Å². The second kappa shape index (κ2) is 8.00. The maximum atomic E-state index is 13.4. The average Bonchev–Trinajstić information content (AvgIpc) is 3.46. The van der Waals surface area contributed by atoms with E-state index in [1.165, 1.54) is 28.2 Å². The number of nitrogens with zero attached hydrogens (tertiary/aromatic N) is 3. The molecule has 0 N–H and O–H groups in total. The number of hydrogen-bond acceptors (Lipinski definition) is 7. The van der Waals surface area contributed by atoms with E-state index in [9.17, 15) is 14.4 Å². The SMILES string of the molecule is COc1ccccc1-c1nc(COC(=O)C23CCC(=O)N2c2ccccc2C(=O)N3C)cs1. The van der Waals surface area contributed by atoms with Gasteiger partial charge in [0.05, 0.1) is 29.6 Å². The molecule has 1 atom stereocenters. The molecule has 1 aromatic heterocycles. The summed E-state index contributed by atoms with van der Waals surface area (Å²) in [5.74, 6) is -0.479. The molecule has 0 saturated carbocycles. The molecule has 2 aliphatic rings. The zero-order valence-corrected chi connectivity index (χ0v) is 18.9. The Morgan fingerprint density at radius 3 is 2.64 bits per heavy atom. The van der Waals surface area contributed by atoms with Crippen LogP contribution in [0.4, 0.5) is 5.69 Å². The molecular formula is C24H21N3O5S. The fourth-order valence-corrected chi connectivity index (χ4v) is 5.30. The van der Waals surface area contributed by atoms with Crippen molar-refractivity contribution in [3.05, 3.63) is 65.2 Å². The molecule has 5 rings (SSSR count). The van der Waals surface area contributed by atoms with Crippen LogP contribution in [0.2, 0.25) is 0 Å². The number of esters is 1. The maximum absolute atomic E-state index is 13.4. The number of methoxy groups -OCH3 is 1. The molecule has 33 heavy (non-hydrogen) atoms. The summed E-state index contributed by atoms with van der Waals surface area (Å²) < 4.78 is 11.0. The standard InChI is InChI=1S/C24H21N3O5S/c1-26-22(29)16-7-3-5-9-18(16)27-20(28)11-12-24(26,27)23(30)32-13-15-14-33-21(25-15)17-8-4-6-10-19(17)31-2/h3-10,14H,11-13H2,1-2H3. The van der Waals surface area contributed by atoms with Gasteiger partial charge in [-0.3, -0.25) is 14.5 Å². The monoisotopic (exact) mass is 463 g/mol. The number of aromatic nitrogens is 1. The van der Waals surface area contributed by atoms with Gasteiger partial charge in [-0.05, 0) is 24.3 Å².